The van der Waals surface area contributed by atoms with Crippen molar-refractivity contribution in [2.45, 2.75) is 31.2 Å². The molecular formula is C22H24N2O3. The van der Waals surface area contributed by atoms with Gasteiger partial charge in [-0.05, 0) is 41.7 Å². The second-order valence-corrected chi connectivity index (χ2v) is 7.25. The number of carbonyl (C=O) groups excluding carboxylic acids is 2. The highest BCUT2D eigenvalue weighted by Gasteiger charge is 2.39. The second kappa shape index (κ2) is 7.43. The summed E-state index contributed by atoms with van der Waals surface area (Å²) in [5.74, 6) is 1.04. The summed E-state index contributed by atoms with van der Waals surface area (Å²) in [4.78, 5) is 26.4. The predicted molar refractivity (Wildman–Crippen MR) is 103 cm³/mol. The summed E-state index contributed by atoms with van der Waals surface area (Å²) >= 11 is 0. The van der Waals surface area contributed by atoms with Crippen LogP contribution in [-0.4, -0.2) is 36.9 Å². The van der Waals surface area contributed by atoms with E-state index in [4.69, 9.17) is 4.74 Å². The number of ether oxygens (including phenoxy) is 1. The van der Waals surface area contributed by atoms with E-state index >= 15 is 0 Å². The molecule has 2 aromatic carbocycles. The number of hydrogen-bond acceptors (Lipinski definition) is 3. The lowest BCUT2D eigenvalue weighted by atomic mass is 9.75. The Kier molecular flexibility index (Phi) is 4.84. The van der Waals surface area contributed by atoms with Crippen molar-refractivity contribution in [3.8, 4) is 5.75 Å². The monoisotopic (exact) mass is 364 g/mol. The molecule has 0 saturated carbocycles. The Morgan fingerprint density at radius 1 is 1.11 bits per heavy atom. The molecule has 5 nitrogen and oxygen atoms in total. The van der Waals surface area contributed by atoms with Crippen LogP contribution in [0.3, 0.4) is 0 Å². The molecule has 140 valence electrons. The molecule has 0 radical (unpaired) electrons. The summed E-state index contributed by atoms with van der Waals surface area (Å²) in [5, 5.41) is 2.52. The highest BCUT2D eigenvalue weighted by atomic mass is 16.5. The van der Waals surface area contributed by atoms with Gasteiger partial charge in [-0.1, -0.05) is 36.4 Å². The number of likely N-dealkylation sites (N-methyl/N-ethyl adjacent to an activating group) is 1. The van der Waals surface area contributed by atoms with E-state index in [1.165, 1.54) is 11.1 Å². The number of fused-ring (bicyclic) bond motifs is 2. The fourth-order valence-electron chi connectivity index (χ4n) is 4.25. The third-order valence-electron chi connectivity index (χ3n) is 5.60. The van der Waals surface area contributed by atoms with Gasteiger partial charge >= 0.3 is 0 Å². The van der Waals surface area contributed by atoms with Gasteiger partial charge in [-0.25, -0.2) is 0 Å². The topological polar surface area (TPSA) is 58.6 Å². The molecule has 5 rings (SSSR count). The normalized spacial score (nSPS) is 20.1. The van der Waals surface area contributed by atoms with E-state index in [1.54, 1.807) is 13.1 Å². The molecule has 1 N–H and O–H groups in total. The van der Waals surface area contributed by atoms with E-state index in [2.05, 4.69) is 34.5 Å². The minimum atomic E-state index is -0.181. The van der Waals surface area contributed by atoms with Crippen LogP contribution in [-0.2, 0) is 16.0 Å². The van der Waals surface area contributed by atoms with E-state index in [9.17, 15) is 9.59 Å². The number of hydrogen-bond donors (Lipinski definition) is 1. The van der Waals surface area contributed by atoms with Gasteiger partial charge in [0.15, 0.2) is 6.61 Å². The van der Waals surface area contributed by atoms with Gasteiger partial charge in [-0.2, -0.15) is 0 Å². The molecule has 2 aromatic rings. The number of rotatable bonds is 5. The standard InChI is InChI=1S/C22H24N2O3/c1-23-21(25)14-27-17-6-4-5-15(11-17)12-22(26)24-13-16-9-10-20(24)19-8-3-2-7-18(16)19/h2-8,11,16,20H,9-10,12-14H2,1H3,(H,23,25)/t16-,20+/m1/s1. The number of nitrogens with zero attached hydrogens (tertiary/aromatic N) is 1. The fourth-order valence-corrected chi connectivity index (χ4v) is 4.25. The zero-order valence-corrected chi connectivity index (χ0v) is 15.5. The van der Waals surface area contributed by atoms with Crippen molar-refractivity contribution in [2.24, 2.45) is 0 Å². The second-order valence-electron chi connectivity index (χ2n) is 7.25. The number of benzene rings is 2. The third kappa shape index (κ3) is 3.54. The van der Waals surface area contributed by atoms with Crippen molar-refractivity contribution in [1.29, 1.82) is 0 Å². The van der Waals surface area contributed by atoms with Crippen molar-refractivity contribution < 1.29 is 14.3 Å². The minimum Gasteiger partial charge on any atom is -0.484 e. The molecule has 0 aromatic heterocycles. The summed E-state index contributed by atoms with van der Waals surface area (Å²) in [7, 11) is 1.57. The van der Waals surface area contributed by atoms with Crippen molar-refractivity contribution in [2.75, 3.05) is 20.2 Å². The first kappa shape index (κ1) is 17.6. The number of carbonyl (C=O) groups is 2. The average Bonchev–Trinajstić information content (AvgIpc) is 2.72. The molecule has 27 heavy (non-hydrogen) atoms. The van der Waals surface area contributed by atoms with Crippen molar-refractivity contribution in [3.05, 3.63) is 65.2 Å². The van der Waals surface area contributed by atoms with Crippen LogP contribution >= 0.6 is 0 Å². The minimum absolute atomic E-state index is 0.0272. The average molecular weight is 364 g/mol. The smallest absolute Gasteiger partial charge is 0.257 e. The molecule has 1 saturated heterocycles. The van der Waals surface area contributed by atoms with Gasteiger partial charge in [0.05, 0.1) is 12.5 Å². The van der Waals surface area contributed by atoms with Gasteiger partial charge in [0.25, 0.3) is 5.91 Å². The van der Waals surface area contributed by atoms with Crippen LogP contribution in [0, 0.1) is 0 Å². The van der Waals surface area contributed by atoms with Gasteiger partial charge in [0.2, 0.25) is 5.91 Å². The van der Waals surface area contributed by atoms with Crippen LogP contribution in [0.5, 0.6) is 5.75 Å². The maximum Gasteiger partial charge on any atom is 0.257 e. The highest BCUT2D eigenvalue weighted by Crippen LogP contribution is 2.46. The van der Waals surface area contributed by atoms with Gasteiger partial charge < -0.3 is 15.0 Å². The van der Waals surface area contributed by atoms with E-state index in [-0.39, 0.29) is 24.5 Å². The molecule has 2 bridgehead atoms. The molecule has 1 aliphatic carbocycles. The summed E-state index contributed by atoms with van der Waals surface area (Å²) in [5.41, 5.74) is 3.64. The van der Waals surface area contributed by atoms with Crippen LogP contribution in [0.2, 0.25) is 0 Å². The summed E-state index contributed by atoms with van der Waals surface area (Å²) in [6.07, 6.45) is 2.56. The SMILES string of the molecule is CNC(=O)COc1cccc(CC(=O)N2C[C@H]3CC[C@H]2c2ccccc23)c1. The Morgan fingerprint density at radius 3 is 2.74 bits per heavy atom. The molecule has 5 heteroatoms. The lowest BCUT2D eigenvalue weighted by molar-refractivity contribution is -0.135. The number of nitrogens with one attached hydrogen (secondary N) is 1. The van der Waals surface area contributed by atoms with Crippen LogP contribution in [0.1, 0.15) is 41.5 Å². The molecule has 2 amide bonds. The molecule has 0 unspecified atom stereocenters. The lowest BCUT2D eigenvalue weighted by Gasteiger charge is -2.46. The fraction of sp³-hybridized carbons (Fsp3) is 0.364. The van der Waals surface area contributed by atoms with Gasteiger partial charge in [0, 0.05) is 19.5 Å². The van der Waals surface area contributed by atoms with Gasteiger partial charge in [0.1, 0.15) is 5.75 Å². The van der Waals surface area contributed by atoms with Gasteiger partial charge in [-0.3, -0.25) is 9.59 Å². The zero-order chi connectivity index (χ0) is 18.8. The Hall–Kier alpha value is -2.82. The van der Waals surface area contributed by atoms with E-state index in [0.717, 1.165) is 24.9 Å². The molecule has 0 spiro atoms. The molecule has 2 heterocycles. The first-order chi connectivity index (χ1) is 13.2. The molecule has 2 aliphatic heterocycles. The Morgan fingerprint density at radius 2 is 1.93 bits per heavy atom. The molecule has 3 aliphatic rings. The van der Waals surface area contributed by atoms with Crippen molar-refractivity contribution >= 4 is 11.8 Å². The largest absolute Gasteiger partial charge is 0.484 e. The maximum atomic E-state index is 13.0. The number of piperidine rings is 1. The summed E-state index contributed by atoms with van der Waals surface area (Å²) < 4.78 is 5.49. The predicted octanol–water partition coefficient (Wildman–Crippen LogP) is 2.81. The summed E-state index contributed by atoms with van der Waals surface area (Å²) in [6, 6.07) is 16.2. The highest BCUT2D eigenvalue weighted by molar-refractivity contribution is 5.80. The van der Waals surface area contributed by atoms with E-state index < -0.39 is 0 Å². The van der Waals surface area contributed by atoms with Crippen LogP contribution in [0.25, 0.3) is 0 Å². The molecule has 1 fully saturated rings. The molecular weight excluding hydrogens is 340 g/mol. The first-order valence-corrected chi connectivity index (χ1v) is 9.46. The third-order valence-corrected chi connectivity index (χ3v) is 5.60. The number of amides is 2. The maximum absolute atomic E-state index is 13.0. The van der Waals surface area contributed by atoms with Crippen LogP contribution in [0.4, 0.5) is 0 Å². The lowest BCUT2D eigenvalue weighted by Crippen LogP contribution is -2.46. The van der Waals surface area contributed by atoms with E-state index in [0.29, 0.717) is 18.1 Å². The quantitative estimate of drug-likeness (QED) is 0.888. The molecule has 2 atom stereocenters. The van der Waals surface area contributed by atoms with Crippen LogP contribution in [0.15, 0.2) is 48.5 Å². The van der Waals surface area contributed by atoms with Crippen LogP contribution < -0.4 is 10.1 Å². The van der Waals surface area contributed by atoms with Crippen molar-refractivity contribution in [3.63, 3.8) is 0 Å². The Balaban J connectivity index is 1.45. The zero-order valence-electron chi connectivity index (χ0n) is 15.5. The Labute approximate surface area is 159 Å². The van der Waals surface area contributed by atoms with E-state index in [1.807, 2.05) is 18.2 Å². The van der Waals surface area contributed by atoms with Crippen molar-refractivity contribution in [1.82, 2.24) is 10.2 Å². The summed E-state index contributed by atoms with van der Waals surface area (Å²) in [6.45, 7) is 0.786. The first-order valence-electron chi connectivity index (χ1n) is 9.46. The van der Waals surface area contributed by atoms with Gasteiger partial charge in [-0.15, -0.1) is 0 Å². The Bertz CT molecular complexity index is 864.